The smallest absolute Gasteiger partial charge is 0.300 e. The third-order valence-electron chi connectivity index (χ3n) is 4.11. The van der Waals surface area contributed by atoms with Crippen molar-refractivity contribution in [3.8, 4) is 17.6 Å². The summed E-state index contributed by atoms with van der Waals surface area (Å²) in [5.74, 6) is 0.113. The minimum Gasteiger partial charge on any atom is -0.483 e. The molecule has 0 aliphatic carbocycles. The van der Waals surface area contributed by atoms with Gasteiger partial charge in [0.25, 0.3) is 12.0 Å². The molecule has 0 aromatic heterocycles. The Labute approximate surface area is 161 Å². The highest BCUT2D eigenvalue weighted by atomic mass is 32.2. The number of nitro benzene ring substituents is 1. The molecule has 0 spiro atoms. The molecule has 0 fully saturated rings. The molecular formula is C18H16N2O7S. The fourth-order valence-electron chi connectivity index (χ4n) is 2.90. The highest BCUT2D eigenvalue weighted by molar-refractivity contribution is 7.86. The first-order valence-electron chi connectivity index (χ1n) is 8.20. The van der Waals surface area contributed by atoms with Crippen molar-refractivity contribution in [2.45, 2.75) is 31.5 Å². The molecule has 2 aromatic rings. The van der Waals surface area contributed by atoms with Gasteiger partial charge in [0, 0.05) is 6.07 Å². The van der Waals surface area contributed by atoms with Crippen molar-refractivity contribution < 1.29 is 27.0 Å². The molecule has 0 N–H and O–H groups in total. The van der Waals surface area contributed by atoms with Gasteiger partial charge < -0.3 is 9.47 Å². The Hall–Kier alpha value is -3.16. The van der Waals surface area contributed by atoms with E-state index in [0.29, 0.717) is 5.56 Å². The minimum atomic E-state index is -4.17. The Bertz CT molecular complexity index is 1090. The first kappa shape index (κ1) is 19.6. The van der Waals surface area contributed by atoms with Crippen LogP contribution < -0.4 is 9.47 Å². The highest BCUT2D eigenvalue weighted by Crippen LogP contribution is 2.41. The molecule has 0 bridgehead atoms. The standard InChI is InChI=1S/C18H16N2O7S/c1-11-3-6-16(12(2)9-11)28(23,24)27-17-10-25-15-5-4-14(20(21)22)13(7-8-19)18(15)26-17/h3-6,9,17H,7,10H2,1-2H3. The summed E-state index contributed by atoms with van der Waals surface area (Å²) in [4.78, 5) is 10.6. The predicted molar refractivity (Wildman–Crippen MR) is 96.5 cm³/mol. The number of ether oxygens (including phenoxy) is 2. The number of hydrogen-bond acceptors (Lipinski definition) is 8. The summed E-state index contributed by atoms with van der Waals surface area (Å²) in [7, 11) is -4.17. The van der Waals surface area contributed by atoms with E-state index in [-0.39, 0.29) is 40.7 Å². The van der Waals surface area contributed by atoms with Gasteiger partial charge in [-0.15, -0.1) is 0 Å². The fourth-order valence-corrected chi connectivity index (χ4v) is 4.07. The molecule has 9 nitrogen and oxygen atoms in total. The van der Waals surface area contributed by atoms with Crippen molar-refractivity contribution in [2.75, 3.05) is 6.61 Å². The third kappa shape index (κ3) is 3.76. The van der Waals surface area contributed by atoms with E-state index in [4.69, 9.17) is 18.9 Å². The molecule has 146 valence electrons. The Morgan fingerprint density at radius 3 is 2.71 bits per heavy atom. The van der Waals surface area contributed by atoms with Gasteiger partial charge in [0.2, 0.25) is 0 Å². The maximum absolute atomic E-state index is 12.6. The van der Waals surface area contributed by atoms with Crippen LogP contribution in [0.25, 0.3) is 0 Å². The topological polar surface area (TPSA) is 129 Å². The summed E-state index contributed by atoms with van der Waals surface area (Å²) >= 11 is 0. The second kappa shape index (κ2) is 7.46. The van der Waals surface area contributed by atoms with Crippen LogP contribution >= 0.6 is 0 Å². The average molecular weight is 404 g/mol. The molecule has 0 saturated carbocycles. The van der Waals surface area contributed by atoms with E-state index < -0.39 is 21.3 Å². The predicted octanol–water partition coefficient (Wildman–Crippen LogP) is 2.78. The molecule has 0 amide bonds. The van der Waals surface area contributed by atoms with Crippen LogP contribution in [0.1, 0.15) is 16.7 Å². The van der Waals surface area contributed by atoms with Gasteiger partial charge in [0.05, 0.1) is 27.9 Å². The lowest BCUT2D eigenvalue weighted by molar-refractivity contribution is -0.385. The molecule has 0 radical (unpaired) electrons. The normalized spacial score (nSPS) is 15.7. The minimum absolute atomic E-state index is 0.00205. The number of benzene rings is 2. The lowest BCUT2D eigenvalue weighted by Gasteiger charge is -2.27. The average Bonchev–Trinajstić information content (AvgIpc) is 2.61. The lowest BCUT2D eigenvalue weighted by atomic mass is 10.1. The van der Waals surface area contributed by atoms with Crippen LogP contribution in [0, 0.1) is 35.3 Å². The lowest BCUT2D eigenvalue weighted by Crippen LogP contribution is -2.34. The van der Waals surface area contributed by atoms with Crippen LogP contribution in [0.3, 0.4) is 0 Å². The molecular weight excluding hydrogens is 388 g/mol. The maximum Gasteiger partial charge on any atom is 0.300 e. The van der Waals surface area contributed by atoms with Crippen molar-refractivity contribution in [2.24, 2.45) is 0 Å². The summed E-state index contributed by atoms with van der Waals surface area (Å²) in [6.07, 6.45) is -1.66. The number of nitriles is 1. The van der Waals surface area contributed by atoms with Crippen LogP contribution in [0.2, 0.25) is 0 Å². The van der Waals surface area contributed by atoms with E-state index in [0.717, 1.165) is 5.56 Å². The van der Waals surface area contributed by atoms with Crippen LogP contribution in [0.15, 0.2) is 35.2 Å². The van der Waals surface area contributed by atoms with Crippen molar-refractivity contribution >= 4 is 15.8 Å². The summed E-state index contributed by atoms with van der Waals surface area (Å²) in [5.41, 5.74) is 1.10. The van der Waals surface area contributed by atoms with Gasteiger partial charge in [-0.25, -0.2) is 4.18 Å². The largest absolute Gasteiger partial charge is 0.483 e. The molecule has 1 heterocycles. The highest BCUT2D eigenvalue weighted by Gasteiger charge is 2.33. The van der Waals surface area contributed by atoms with Crippen molar-refractivity contribution in [3.63, 3.8) is 0 Å². The van der Waals surface area contributed by atoms with Crippen molar-refractivity contribution in [3.05, 3.63) is 57.1 Å². The van der Waals surface area contributed by atoms with Crippen LogP contribution in [0.4, 0.5) is 5.69 Å². The van der Waals surface area contributed by atoms with E-state index >= 15 is 0 Å². The van der Waals surface area contributed by atoms with Crippen LogP contribution in [0.5, 0.6) is 11.5 Å². The molecule has 2 aromatic carbocycles. The maximum atomic E-state index is 12.6. The Morgan fingerprint density at radius 2 is 2.07 bits per heavy atom. The number of hydrogen-bond donors (Lipinski definition) is 0. The first-order valence-corrected chi connectivity index (χ1v) is 9.61. The van der Waals surface area contributed by atoms with Gasteiger partial charge in [0.1, 0.15) is 0 Å². The van der Waals surface area contributed by atoms with E-state index in [1.807, 2.05) is 13.0 Å². The zero-order valence-corrected chi connectivity index (χ0v) is 15.9. The number of nitro groups is 1. The van der Waals surface area contributed by atoms with E-state index in [2.05, 4.69) is 0 Å². The number of rotatable bonds is 5. The summed E-state index contributed by atoms with van der Waals surface area (Å²) < 4.78 is 41.4. The van der Waals surface area contributed by atoms with Gasteiger partial charge in [-0.05, 0) is 31.5 Å². The van der Waals surface area contributed by atoms with Gasteiger partial charge >= 0.3 is 10.1 Å². The Morgan fingerprint density at radius 1 is 1.32 bits per heavy atom. The molecule has 0 saturated heterocycles. The Kier molecular flexibility index (Phi) is 5.22. The number of fused-ring (bicyclic) bond motifs is 1. The van der Waals surface area contributed by atoms with Crippen LogP contribution in [-0.2, 0) is 20.7 Å². The van der Waals surface area contributed by atoms with Gasteiger partial charge in [-0.1, -0.05) is 17.7 Å². The molecule has 1 unspecified atom stereocenters. The molecule has 1 atom stereocenters. The van der Waals surface area contributed by atoms with E-state index in [1.54, 1.807) is 19.1 Å². The van der Waals surface area contributed by atoms with Crippen molar-refractivity contribution in [1.29, 1.82) is 5.26 Å². The quantitative estimate of drug-likeness (QED) is 0.423. The zero-order chi connectivity index (χ0) is 20.5. The molecule has 3 rings (SSSR count). The number of nitrogens with zero attached hydrogens (tertiary/aromatic N) is 2. The second-order valence-electron chi connectivity index (χ2n) is 6.16. The molecule has 1 aliphatic heterocycles. The monoisotopic (exact) mass is 404 g/mol. The fraction of sp³-hybridized carbons (Fsp3) is 0.278. The molecule has 10 heteroatoms. The van der Waals surface area contributed by atoms with Gasteiger partial charge in [-0.3, -0.25) is 10.1 Å². The van der Waals surface area contributed by atoms with E-state index in [1.165, 1.54) is 18.2 Å². The molecule has 28 heavy (non-hydrogen) atoms. The summed E-state index contributed by atoms with van der Waals surface area (Å²) in [5, 5.41) is 20.2. The molecule has 1 aliphatic rings. The van der Waals surface area contributed by atoms with E-state index in [9.17, 15) is 18.5 Å². The zero-order valence-electron chi connectivity index (χ0n) is 15.0. The summed E-state index contributed by atoms with van der Waals surface area (Å²) in [6.45, 7) is 3.25. The van der Waals surface area contributed by atoms with Gasteiger partial charge in [-0.2, -0.15) is 13.7 Å². The SMILES string of the molecule is Cc1ccc(S(=O)(=O)OC2COc3ccc([N+](=O)[O-])c(CC#N)c3O2)c(C)c1. The van der Waals surface area contributed by atoms with Gasteiger partial charge in [0.15, 0.2) is 18.1 Å². The number of aryl methyl sites for hydroxylation is 2. The third-order valence-corrected chi connectivity index (χ3v) is 5.57. The second-order valence-corrected chi connectivity index (χ2v) is 7.70. The summed E-state index contributed by atoms with van der Waals surface area (Å²) in [6, 6.07) is 9.16. The Balaban J connectivity index is 1.92. The van der Waals surface area contributed by atoms with Crippen molar-refractivity contribution in [1.82, 2.24) is 0 Å². The van der Waals surface area contributed by atoms with Crippen LogP contribution in [-0.4, -0.2) is 26.2 Å². The first-order chi connectivity index (χ1) is 13.2.